The van der Waals surface area contributed by atoms with E-state index >= 15 is 0 Å². The third-order valence-electron chi connectivity index (χ3n) is 4.35. The van der Waals surface area contributed by atoms with Crippen molar-refractivity contribution >= 4 is 32.6 Å². The summed E-state index contributed by atoms with van der Waals surface area (Å²) < 4.78 is 27.8. The maximum absolute atomic E-state index is 13.9. The van der Waals surface area contributed by atoms with Gasteiger partial charge in [-0.25, -0.2) is 13.8 Å². The van der Waals surface area contributed by atoms with Crippen LogP contribution in [0.25, 0.3) is 10.2 Å². The Bertz CT molecular complexity index is 947. The van der Waals surface area contributed by atoms with Crippen LogP contribution in [0.2, 0.25) is 0 Å². The van der Waals surface area contributed by atoms with E-state index < -0.39 is 11.6 Å². The fraction of sp³-hybridized carbons (Fsp3) is 0.278. The van der Waals surface area contributed by atoms with E-state index in [0.717, 1.165) is 25.5 Å². The SMILES string of the molecule is O=C(NC1CCCN(c2nc3c(F)cc(F)cc3s2)C1)c1cccnc1. The molecule has 1 aromatic carbocycles. The lowest BCUT2D eigenvalue weighted by molar-refractivity contribution is 0.0933. The van der Waals surface area contributed by atoms with Crippen molar-refractivity contribution in [3.8, 4) is 0 Å². The third kappa shape index (κ3) is 3.37. The Morgan fingerprint density at radius 3 is 3.04 bits per heavy atom. The van der Waals surface area contributed by atoms with E-state index in [1.165, 1.54) is 23.6 Å². The summed E-state index contributed by atoms with van der Waals surface area (Å²) in [6.45, 7) is 1.35. The van der Waals surface area contributed by atoms with Gasteiger partial charge in [0.15, 0.2) is 10.9 Å². The number of aromatic nitrogens is 2. The van der Waals surface area contributed by atoms with Crippen LogP contribution in [0.5, 0.6) is 0 Å². The van der Waals surface area contributed by atoms with Crippen LogP contribution in [0.1, 0.15) is 23.2 Å². The van der Waals surface area contributed by atoms with Crippen molar-refractivity contribution in [3.05, 3.63) is 53.9 Å². The van der Waals surface area contributed by atoms with Crippen molar-refractivity contribution in [2.45, 2.75) is 18.9 Å². The molecule has 1 amide bonds. The lowest BCUT2D eigenvalue weighted by atomic mass is 10.1. The average Bonchev–Trinajstić information content (AvgIpc) is 3.07. The molecule has 2 aromatic heterocycles. The van der Waals surface area contributed by atoms with Crippen LogP contribution < -0.4 is 10.2 Å². The number of carbonyl (C=O) groups excluding carboxylic acids is 1. The molecule has 134 valence electrons. The van der Waals surface area contributed by atoms with Gasteiger partial charge in [-0.05, 0) is 31.0 Å². The summed E-state index contributed by atoms with van der Waals surface area (Å²) in [4.78, 5) is 22.6. The first-order chi connectivity index (χ1) is 12.6. The molecular weight excluding hydrogens is 358 g/mol. The van der Waals surface area contributed by atoms with E-state index in [1.807, 2.05) is 4.90 Å². The van der Waals surface area contributed by atoms with Crippen molar-refractivity contribution in [1.82, 2.24) is 15.3 Å². The van der Waals surface area contributed by atoms with Gasteiger partial charge in [-0.15, -0.1) is 0 Å². The standard InChI is InChI=1S/C18H16F2N4OS/c19-12-7-14(20)16-15(8-12)26-18(23-16)24-6-2-4-13(10-24)22-17(25)11-3-1-5-21-9-11/h1,3,5,7-9,13H,2,4,6,10H2,(H,22,25). The molecule has 1 fully saturated rings. The van der Waals surface area contributed by atoms with Gasteiger partial charge in [-0.2, -0.15) is 0 Å². The number of fused-ring (bicyclic) bond motifs is 1. The summed E-state index contributed by atoms with van der Waals surface area (Å²) in [6.07, 6.45) is 4.89. The van der Waals surface area contributed by atoms with Crippen molar-refractivity contribution in [1.29, 1.82) is 0 Å². The highest BCUT2D eigenvalue weighted by atomic mass is 32.1. The Labute approximate surface area is 152 Å². The van der Waals surface area contributed by atoms with Gasteiger partial charge in [0.25, 0.3) is 5.91 Å². The number of amides is 1. The van der Waals surface area contributed by atoms with Gasteiger partial charge in [0.05, 0.1) is 10.3 Å². The van der Waals surface area contributed by atoms with E-state index in [2.05, 4.69) is 15.3 Å². The number of carbonyl (C=O) groups is 1. The minimum Gasteiger partial charge on any atom is -0.347 e. The molecule has 0 spiro atoms. The monoisotopic (exact) mass is 374 g/mol. The molecule has 4 rings (SSSR count). The predicted octanol–water partition coefficient (Wildman–Crippen LogP) is 3.37. The fourth-order valence-electron chi connectivity index (χ4n) is 3.12. The van der Waals surface area contributed by atoms with E-state index in [1.54, 1.807) is 18.3 Å². The summed E-state index contributed by atoms with van der Waals surface area (Å²) >= 11 is 1.26. The molecule has 0 aliphatic carbocycles. The van der Waals surface area contributed by atoms with Crippen molar-refractivity contribution < 1.29 is 13.6 Å². The molecule has 0 radical (unpaired) electrons. The molecule has 0 saturated carbocycles. The van der Waals surface area contributed by atoms with Gasteiger partial charge in [-0.1, -0.05) is 11.3 Å². The van der Waals surface area contributed by atoms with Gasteiger partial charge in [0, 0.05) is 37.6 Å². The normalized spacial score (nSPS) is 17.5. The third-order valence-corrected chi connectivity index (χ3v) is 5.42. The first-order valence-electron chi connectivity index (χ1n) is 8.31. The summed E-state index contributed by atoms with van der Waals surface area (Å²) in [5.41, 5.74) is 0.704. The number of piperidine rings is 1. The molecule has 5 nitrogen and oxygen atoms in total. The first kappa shape index (κ1) is 16.8. The zero-order chi connectivity index (χ0) is 18.1. The Balaban J connectivity index is 1.50. The van der Waals surface area contributed by atoms with E-state index in [9.17, 15) is 13.6 Å². The van der Waals surface area contributed by atoms with Gasteiger partial charge in [0.1, 0.15) is 11.3 Å². The lowest BCUT2D eigenvalue weighted by Crippen LogP contribution is -2.47. The maximum Gasteiger partial charge on any atom is 0.253 e. The number of benzene rings is 1. The molecule has 3 aromatic rings. The summed E-state index contributed by atoms with van der Waals surface area (Å²) in [5, 5.41) is 3.65. The molecule has 0 bridgehead atoms. The van der Waals surface area contributed by atoms with Crippen LogP contribution in [0.3, 0.4) is 0 Å². The lowest BCUT2D eigenvalue weighted by Gasteiger charge is -2.32. The zero-order valence-electron chi connectivity index (χ0n) is 13.8. The highest BCUT2D eigenvalue weighted by Gasteiger charge is 2.24. The molecule has 1 N–H and O–H groups in total. The zero-order valence-corrected chi connectivity index (χ0v) is 14.6. The number of hydrogen-bond acceptors (Lipinski definition) is 5. The number of thiazole rings is 1. The number of hydrogen-bond donors (Lipinski definition) is 1. The van der Waals surface area contributed by atoms with Crippen molar-refractivity contribution in [3.63, 3.8) is 0 Å². The van der Waals surface area contributed by atoms with Gasteiger partial charge >= 0.3 is 0 Å². The number of halogens is 2. The number of nitrogens with zero attached hydrogens (tertiary/aromatic N) is 3. The van der Waals surface area contributed by atoms with E-state index in [-0.39, 0.29) is 17.5 Å². The molecule has 1 aliphatic rings. The minimum atomic E-state index is -0.652. The van der Waals surface area contributed by atoms with Crippen LogP contribution in [0.4, 0.5) is 13.9 Å². The maximum atomic E-state index is 13.9. The van der Waals surface area contributed by atoms with Crippen LogP contribution in [-0.2, 0) is 0 Å². The van der Waals surface area contributed by atoms with Crippen LogP contribution in [0, 0.1) is 11.6 Å². The number of anilines is 1. The molecule has 1 saturated heterocycles. The number of rotatable bonds is 3. The Morgan fingerprint density at radius 2 is 2.23 bits per heavy atom. The Hall–Kier alpha value is -2.61. The second-order valence-electron chi connectivity index (χ2n) is 6.23. The average molecular weight is 374 g/mol. The van der Waals surface area contributed by atoms with Gasteiger partial charge in [0.2, 0.25) is 0 Å². The molecule has 1 aliphatic heterocycles. The predicted molar refractivity (Wildman–Crippen MR) is 96.5 cm³/mol. The summed E-state index contributed by atoms with van der Waals surface area (Å²) in [6, 6.07) is 5.54. The topological polar surface area (TPSA) is 58.1 Å². The summed E-state index contributed by atoms with van der Waals surface area (Å²) in [7, 11) is 0. The Morgan fingerprint density at radius 1 is 1.35 bits per heavy atom. The highest BCUT2D eigenvalue weighted by Crippen LogP contribution is 2.32. The quantitative estimate of drug-likeness (QED) is 0.764. The molecule has 3 heterocycles. The Kier molecular flexibility index (Phi) is 4.50. The smallest absolute Gasteiger partial charge is 0.253 e. The minimum absolute atomic E-state index is 0.0370. The summed E-state index contributed by atoms with van der Waals surface area (Å²) in [5.74, 6) is -1.42. The molecular formula is C18H16F2N4OS. The van der Waals surface area contributed by atoms with Crippen molar-refractivity contribution in [2.75, 3.05) is 18.0 Å². The second kappa shape index (κ2) is 6.95. The number of nitrogens with one attached hydrogen (secondary N) is 1. The first-order valence-corrected chi connectivity index (χ1v) is 9.13. The van der Waals surface area contributed by atoms with E-state index in [0.29, 0.717) is 21.9 Å². The second-order valence-corrected chi connectivity index (χ2v) is 7.24. The van der Waals surface area contributed by atoms with Crippen LogP contribution in [0.15, 0.2) is 36.7 Å². The molecule has 1 atom stereocenters. The van der Waals surface area contributed by atoms with Crippen LogP contribution in [-0.4, -0.2) is 35.0 Å². The molecule has 26 heavy (non-hydrogen) atoms. The number of pyridine rings is 1. The molecule has 8 heteroatoms. The highest BCUT2D eigenvalue weighted by molar-refractivity contribution is 7.22. The van der Waals surface area contributed by atoms with Crippen LogP contribution >= 0.6 is 11.3 Å². The van der Waals surface area contributed by atoms with Gasteiger partial charge in [-0.3, -0.25) is 9.78 Å². The molecule has 1 unspecified atom stereocenters. The van der Waals surface area contributed by atoms with Crippen molar-refractivity contribution in [2.24, 2.45) is 0 Å². The van der Waals surface area contributed by atoms with Gasteiger partial charge < -0.3 is 10.2 Å². The fourth-order valence-corrected chi connectivity index (χ4v) is 4.16. The largest absolute Gasteiger partial charge is 0.347 e. The van der Waals surface area contributed by atoms with E-state index in [4.69, 9.17) is 0 Å².